The van der Waals surface area contributed by atoms with Crippen LogP contribution in [0.5, 0.6) is 0 Å². The number of anilines is 1. The summed E-state index contributed by atoms with van der Waals surface area (Å²) in [6.07, 6.45) is 2.76. The molecule has 5 heteroatoms. The molecule has 0 radical (unpaired) electrons. The van der Waals surface area contributed by atoms with Gasteiger partial charge in [-0.15, -0.1) is 0 Å². The van der Waals surface area contributed by atoms with Crippen LogP contribution >= 0.6 is 11.8 Å². The van der Waals surface area contributed by atoms with Gasteiger partial charge in [0.2, 0.25) is 0 Å². The summed E-state index contributed by atoms with van der Waals surface area (Å²) in [6, 6.07) is 0. The molecule has 0 amide bonds. The smallest absolute Gasteiger partial charge is 0.156 e. The minimum Gasteiger partial charge on any atom is -0.392 e. The molecular formula is C8H13N3OS. The highest BCUT2D eigenvalue weighted by molar-refractivity contribution is 8.00. The molecule has 13 heavy (non-hydrogen) atoms. The minimum atomic E-state index is -0.383. The summed E-state index contributed by atoms with van der Waals surface area (Å²) >= 11 is 1.43. The fourth-order valence-corrected chi connectivity index (χ4v) is 1.55. The second-order valence-electron chi connectivity index (χ2n) is 2.81. The number of nitrogens with zero attached hydrogens (tertiary/aromatic N) is 2. The van der Waals surface area contributed by atoms with Gasteiger partial charge in [0.05, 0.1) is 6.10 Å². The van der Waals surface area contributed by atoms with E-state index in [0.29, 0.717) is 10.8 Å². The van der Waals surface area contributed by atoms with Gasteiger partial charge >= 0.3 is 0 Å². The van der Waals surface area contributed by atoms with Crippen LogP contribution in [0, 0.1) is 0 Å². The largest absolute Gasteiger partial charge is 0.392 e. The molecule has 2 atom stereocenters. The Hall–Kier alpha value is -0.810. The van der Waals surface area contributed by atoms with E-state index < -0.39 is 0 Å². The molecule has 3 N–H and O–H groups in total. The summed E-state index contributed by atoms with van der Waals surface area (Å²) in [5.74, 6) is 0.417. The fourth-order valence-electron chi connectivity index (χ4n) is 0.701. The number of rotatable bonds is 3. The summed E-state index contributed by atoms with van der Waals surface area (Å²) < 4.78 is 0. The van der Waals surface area contributed by atoms with E-state index in [1.165, 1.54) is 11.8 Å². The van der Waals surface area contributed by atoms with Crippen molar-refractivity contribution in [3.8, 4) is 0 Å². The molecule has 1 aromatic heterocycles. The lowest BCUT2D eigenvalue weighted by Gasteiger charge is -2.13. The van der Waals surface area contributed by atoms with Crippen LogP contribution in [0.1, 0.15) is 13.8 Å². The van der Waals surface area contributed by atoms with Gasteiger partial charge in [-0.3, -0.25) is 0 Å². The lowest BCUT2D eigenvalue weighted by Crippen LogP contribution is -2.15. The SMILES string of the molecule is CC(O)C(C)Sc1nccnc1N. The Balaban J connectivity index is 2.69. The molecule has 0 bridgehead atoms. The second kappa shape index (κ2) is 4.43. The molecule has 0 saturated carbocycles. The molecule has 0 aliphatic heterocycles. The van der Waals surface area contributed by atoms with Gasteiger partial charge in [-0.2, -0.15) is 0 Å². The second-order valence-corrected chi connectivity index (χ2v) is 4.18. The van der Waals surface area contributed by atoms with Crippen LogP contribution in [0.2, 0.25) is 0 Å². The fraction of sp³-hybridized carbons (Fsp3) is 0.500. The molecule has 0 spiro atoms. The van der Waals surface area contributed by atoms with Gasteiger partial charge in [-0.1, -0.05) is 18.7 Å². The highest BCUT2D eigenvalue weighted by Gasteiger charge is 2.13. The molecule has 1 rings (SSSR count). The van der Waals surface area contributed by atoms with Gasteiger partial charge in [0.15, 0.2) is 5.82 Å². The third kappa shape index (κ3) is 2.86. The highest BCUT2D eigenvalue weighted by Crippen LogP contribution is 2.26. The Bertz CT molecular complexity index is 280. The van der Waals surface area contributed by atoms with Gasteiger partial charge in [0, 0.05) is 17.6 Å². The van der Waals surface area contributed by atoms with E-state index in [2.05, 4.69) is 9.97 Å². The first-order valence-electron chi connectivity index (χ1n) is 4.02. The first-order valence-corrected chi connectivity index (χ1v) is 4.90. The highest BCUT2D eigenvalue weighted by atomic mass is 32.2. The minimum absolute atomic E-state index is 0.0685. The van der Waals surface area contributed by atoms with E-state index in [0.717, 1.165) is 0 Å². The maximum atomic E-state index is 9.26. The Labute approximate surface area is 81.6 Å². The number of thioether (sulfide) groups is 1. The number of aromatic nitrogens is 2. The van der Waals surface area contributed by atoms with E-state index in [4.69, 9.17) is 5.73 Å². The van der Waals surface area contributed by atoms with Crippen molar-refractivity contribution in [1.29, 1.82) is 0 Å². The van der Waals surface area contributed by atoms with Gasteiger partial charge in [0.1, 0.15) is 5.03 Å². The van der Waals surface area contributed by atoms with Crippen molar-refractivity contribution >= 4 is 17.6 Å². The molecular weight excluding hydrogens is 186 g/mol. The van der Waals surface area contributed by atoms with Gasteiger partial charge < -0.3 is 10.8 Å². The molecule has 0 fully saturated rings. The van der Waals surface area contributed by atoms with Crippen LogP contribution in [-0.2, 0) is 0 Å². The van der Waals surface area contributed by atoms with Crippen LogP contribution in [0.15, 0.2) is 17.4 Å². The molecule has 4 nitrogen and oxygen atoms in total. The number of aliphatic hydroxyl groups excluding tert-OH is 1. The Morgan fingerprint density at radius 1 is 1.38 bits per heavy atom. The molecule has 0 saturated heterocycles. The van der Waals surface area contributed by atoms with E-state index >= 15 is 0 Å². The number of hydrogen-bond donors (Lipinski definition) is 2. The zero-order valence-corrected chi connectivity index (χ0v) is 8.45. The zero-order chi connectivity index (χ0) is 9.84. The average molecular weight is 199 g/mol. The van der Waals surface area contributed by atoms with E-state index in [1.807, 2.05) is 6.92 Å². The number of aliphatic hydroxyl groups is 1. The Morgan fingerprint density at radius 3 is 2.54 bits per heavy atom. The average Bonchev–Trinajstić information content (AvgIpc) is 2.08. The van der Waals surface area contributed by atoms with Gasteiger partial charge in [-0.05, 0) is 6.92 Å². The quantitative estimate of drug-likeness (QED) is 0.708. The van der Waals surface area contributed by atoms with Crippen molar-refractivity contribution in [3.63, 3.8) is 0 Å². The lowest BCUT2D eigenvalue weighted by molar-refractivity contribution is 0.196. The summed E-state index contributed by atoms with van der Waals surface area (Å²) in [5, 5.41) is 10.0. The van der Waals surface area contributed by atoms with Crippen LogP contribution in [0.25, 0.3) is 0 Å². The van der Waals surface area contributed by atoms with Crippen molar-refractivity contribution in [1.82, 2.24) is 9.97 Å². The van der Waals surface area contributed by atoms with Gasteiger partial charge in [-0.25, -0.2) is 9.97 Å². The summed E-state index contributed by atoms with van der Waals surface area (Å²) in [4.78, 5) is 7.97. The molecule has 1 heterocycles. The standard InChI is InChI=1S/C8H13N3OS/c1-5(12)6(2)13-8-7(9)10-3-4-11-8/h3-6,12H,1-2H3,(H2,9,10). The van der Waals surface area contributed by atoms with E-state index in [1.54, 1.807) is 19.3 Å². The predicted molar refractivity (Wildman–Crippen MR) is 53.4 cm³/mol. The van der Waals surface area contributed by atoms with Crippen molar-refractivity contribution in [3.05, 3.63) is 12.4 Å². The topological polar surface area (TPSA) is 72.0 Å². The monoisotopic (exact) mass is 199 g/mol. The molecule has 1 aromatic rings. The first kappa shape index (κ1) is 10.3. The van der Waals surface area contributed by atoms with Crippen LogP contribution in [0.4, 0.5) is 5.82 Å². The van der Waals surface area contributed by atoms with Crippen molar-refractivity contribution in [2.75, 3.05) is 5.73 Å². The predicted octanol–water partition coefficient (Wildman–Crippen LogP) is 0.920. The normalized spacial score (nSPS) is 15.3. The van der Waals surface area contributed by atoms with Crippen LogP contribution in [0.3, 0.4) is 0 Å². The molecule has 0 aliphatic carbocycles. The van der Waals surface area contributed by atoms with Gasteiger partial charge in [0.25, 0.3) is 0 Å². The molecule has 0 aromatic carbocycles. The molecule has 72 valence electrons. The summed E-state index contributed by atoms with van der Waals surface area (Å²) in [7, 11) is 0. The molecule has 2 unspecified atom stereocenters. The van der Waals surface area contributed by atoms with Crippen molar-refractivity contribution < 1.29 is 5.11 Å². The number of hydrogen-bond acceptors (Lipinski definition) is 5. The number of nitrogens with two attached hydrogens (primary N) is 1. The maximum Gasteiger partial charge on any atom is 0.156 e. The third-order valence-electron chi connectivity index (χ3n) is 1.67. The summed E-state index contributed by atoms with van der Waals surface area (Å²) in [5.41, 5.74) is 5.59. The van der Waals surface area contributed by atoms with E-state index in [9.17, 15) is 5.11 Å². The van der Waals surface area contributed by atoms with Crippen molar-refractivity contribution in [2.24, 2.45) is 0 Å². The zero-order valence-electron chi connectivity index (χ0n) is 7.64. The van der Waals surface area contributed by atoms with Crippen LogP contribution < -0.4 is 5.73 Å². The summed E-state index contributed by atoms with van der Waals surface area (Å²) in [6.45, 7) is 3.66. The Morgan fingerprint density at radius 2 is 2.00 bits per heavy atom. The first-order chi connectivity index (χ1) is 6.11. The Kier molecular flexibility index (Phi) is 3.50. The van der Waals surface area contributed by atoms with Crippen LogP contribution in [-0.4, -0.2) is 26.4 Å². The number of nitrogen functional groups attached to an aromatic ring is 1. The lowest BCUT2D eigenvalue weighted by atomic mass is 10.3. The van der Waals surface area contributed by atoms with Crippen molar-refractivity contribution in [2.45, 2.75) is 30.2 Å². The third-order valence-corrected chi connectivity index (χ3v) is 2.97. The molecule has 0 aliphatic rings. The maximum absolute atomic E-state index is 9.26. The van der Waals surface area contributed by atoms with E-state index in [-0.39, 0.29) is 11.4 Å².